The van der Waals surface area contributed by atoms with Crippen LogP contribution in [0.2, 0.25) is 5.02 Å². The number of hydrogen-bond donors (Lipinski definition) is 1. The summed E-state index contributed by atoms with van der Waals surface area (Å²) in [5.74, 6) is -1.17. The second kappa shape index (κ2) is 7.97. The molecule has 128 valence electrons. The van der Waals surface area contributed by atoms with Gasteiger partial charge in [-0.25, -0.2) is 0 Å². The number of nitrogens with zero attached hydrogens (tertiary/aromatic N) is 3. The van der Waals surface area contributed by atoms with E-state index in [9.17, 15) is 9.59 Å². The molecular weight excluding hydrogens is 330 g/mol. The first-order chi connectivity index (χ1) is 11.4. The van der Waals surface area contributed by atoms with Gasteiger partial charge >= 0.3 is 5.97 Å². The van der Waals surface area contributed by atoms with Crippen LogP contribution in [0.15, 0.2) is 30.3 Å². The van der Waals surface area contributed by atoms with Crippen molar-refractivity contribution < 1.29 is 14.7 Å². The zero-order chi connectivity index (χ0) is 17.7. The van der Waals surface area contributed by atoms with E-state index < -0.39 is 5.97 Å². The molecule has 0 atom stereocenters. The van der Waals surface area contributed by atoms with E-state index in [0.717, 1.165) is 5.56 Å². The number of rotatable bonds is 7. The van der Waals surface area contributed by atoms with Crippen molar-refractivity contribution in [3.8, 4) is 0 Å². The fourth-order valence-electron chi connectivity index (χ4n) is 2.35. The summed E-state index contributed by atoms with van der Waals surface area (Å²) in [4.78, 5) is 25.2. The van der Waals surface area contributed by atoms with Crippen molar-refractivity contribution in [2.24, 2.45) is 7.05 Å². The summed E-state index contributed by atoms with van der Waals surface area (Å²) in [7, 11) is 1.73. The van der Waals surface area contributed by atoms with Crippen molar-refractivity contribution in [2.75, 3.05) is 6.54 Å². The quantitative estimate of drug-likeness (QED) is 0.834. The topological polar surface area (TPSA) is 75.4 Å². The van der Waals surface area contributed by atoms with Crippen LogP contribution in [0.25, 0.3) is 0 Å². The summed E-state index contributed by atoms with van der Waals surface area (Å²) in [6.07, 6.45) is 0.380. The Morgan fingerprint density at radius 2 is 1.96 bits per heavy atom. The number of amides is 1. The lowest BCUT2D eigenvalue weighted by Gasteiger charge is -2.22. The Balaban J connectivity index is 2.21. The maximum Gasteiger partial charge on any atom is 0.303 e. The van der Waals surface area contributed by atoms with Crippen molar-refractivity contribution in [3.05, 3.63) is 52.3 Å². The van der Waals surface area contributed by atoms with E-state index in [2.05, 4.69) is 5.10 Å². The third-order valence-corrected chi connectivity index (χ3v) is 4.24. The highest BCUT2D eigenvalue weighted by molar-refractivity contribution is 6.34. The first-order valence-electron chi connectivity index (χ1n) is 7.64. The molecule has 2 aromatic rings. The number of aliphatic carboxylic acids is 1. The molecule has 2 rings (SSSR count). The van der Waals surface area contributed by atoms with Gasteiger partial charge in [-0.15, -0.1) is 0 Å². The van der Waals surface area contributed by atoms with Crippen LogP contribution in [0, 0.1) is 6.92 Å². The Labute approximate surface area is 145 Å². The number of carbonyl (C=O) groups excluding carboxylic acids is 1. The fourth-order valence-corrected chi connectivity index (χ4v) is 2.59. The number of carbonyl (C=O) groups is 2. The lowest BCUT2D eigenvalue weighted by Crippen LogP contribution is -2.32. The minimum absolute atomic E-state index is 0.00749. The number of aryl methyl sites for hydroxylation is 1. The summed E-state index contributed by atoms with van der Waals surface area (Å²) in [5, 5.41) is 13.3. The number of aromatic nitrogens is 2. The Morgan fingerprint density at radius 1 is 1.29 bits per heavy atom. The molecular formula is C17H20ClN3O3. The van der Waals surface area contributed by atoms with E-state index in [1.807, 2.05) is 30.3 Å². The molecule has 6 nitrogen and oxygen atoms in total. The summed E-state index contributed by atoms with van der Waals surface area (Å²) in [5.41, 5.74) is 1.87. The summed E-state index contributed by atoms with van der Waals surface area (Å²) in [6, 6.07) is 9.53. The molecule has 0 aliphatic rings. The fraction of sp³-hybridized carbons (Fsp3) is 0.353. The highest BCUT2D eigenvalue weighted by atomic mass is 35.5. The van der Waals surface area contributed by atoms with Gasteiger partial charge in [-0.1, -0.05) is 41.9 Å². The van der Waals surface area contributed by atoms with E-state index in [4.69, 9.17) is 16.7 Å². The van der Waals surface area contributed by atoms with Gasteiger partial charge in [0.1, 0.15) is 0 Å². The van der Waals surface area contributed by atoms with Crippen LogP contribution in [0.5, 0.6) is 0 Å². The van der Waals surface area contributed by atoms with Crippen molar-refractivity contribution in [1.29, 1.82) is 0 Å². The number of carboxylic acids is 1. The Bertz CT molecular complexity index is 728. The maximum atomic E-state index is 12.8. The number of carboxylic acid groups (broad SMARTS) is 1. The first-order valence-corrected chi connectivity index (χ1v) is 8.02. The van der Waals surface area contributed by atoms with Gasteiger partial charge in [0.2, 0.25) is 0 Å². The average Bonchev–Trinajstić information content (AvgIpc) is 2.81. The van der Waals surface area contributed by atoms with Crippen LogP contribution in [0.1, 0.15) is 34.6 Å². The van der Waals surface area contributed by atoms with Crippen molar-refractivity contribution >= 4 is 23.5 Å². The third-order valence-electron chi connectivity index (χ3n) is 3.79. The average molecular weight is 350 g/mol. The SMILES string of the molecule is Cc1c(Cl)c(C(=O)N(CCCC(=O)O)Cc2ccccc2)nn1C. The lowest BCUT2D eigenvalue weighted by molar-refractivity contribution is -0.137. The molecule has 7 heteroatoms. The summed E-state index contributed by atoms with van der Waals surface area (Å²) in [6.45, 7) is 2.50. The van der Waals surface area contributed by atoms with Gasteiger partial charge in [0.25, 0.3) is 5.91 Å². The van der Waals surface area contributed by atoms with Gasteiger partial charge < -0.3 is 10.0 Å². The second-order valence-corrected chi connectivity index (χ2v) is 5.96. The molecule has 0 aliphatic carbocycles. The van der Waals surface area contributed by atoms with Crippen LogP contribution in [0.4, 0.5) is 0 Å². The van der Waals surface area contributed by atoms with E-state index in [1.165, 1.54) is 0 Å². The normalized spacial score (nSPS) is 10.6. The Kier molecular flexibility index (Phi) is 5.98. The van der Waals surface area contributed by atoms with Gasteiger partial charge in [-0.05, 0) is 18.9 Å². The van der Waals surface area contributed by atoms with Gasteiger partial charge in [-0.3, -0.25) is 14.3 Å². The first kappa shape index (κ1) is 18.0. The molecule has 0 fully saturated rings. The predicted octanol–water partition coefficient (Wildman–Crippen LogP) is 2.89. The molecule has 1 aromatic heterocycles. The van der Waals surface area contributed by atoms with E-state index in [1.54, 1.807) is 23.6 Å². The van der Waals surface area contributed by atoms with Crippen LogP contribution in [-0.4, -0.2) is 38.2 Å². The number of benzene rings is 1. The van der Waals surface area contributed by atoms with Gasteiger partial charge in [-0.2, -0.15) is 5.10 Å². The Hall–Kier alpha value is -2.34. The molecule has 0 saturated carbocycles. The molecule has 0 saturated heterocycles. The standard InChI is InChI=1S/C17H20ClN3O3/c1-12-15(18)16(19-20(12)2)17(24)21(10-6-9-14(22)23)11-13-7-4-3-5-8-13/h3-5,7-8H,6,9-11H2,1-2H3,(H,22,23). The molecule has 1 N–H and O–H groups in total. The van der Waals surface area contributed by atoms with Crippen molar-refractivity contribution in [2.45, 2.75) is 26.3 Å². The Morgan fingerprint density at radius 3 is 2.50 bits per heavy atom. The number of hydrogen-bond acceptors (Lipinski definition) is 3. The molecule has 0 radical (unpaired) electrons. The van der Waals surface area contributed by atoms with Crippen LogP contribution in [0.3, 0.4) is 0 Å². The van der Waals surface area contributed by atoms with Crippen molar-refractivity contribution in [3.63, 3.8) is 0 Å². The van der Waals surface area contributed by atoms with Crippen LogP contribution >= 0.6 is 11.6 Å². The molecule has 1 amide bonds. The number of halogens is 1. The van der Waals surface area contributed by atoms with Crippen LogP contribution < -0.4 is 0 Å². The maximum absolute atomic E-state index is 12.8. The zero-order valence-electron chi connectivity index (χ0n) is 13.7. The van der Waals surface area contributed by atoms with Gasteiger partial charge in [0.05, 0.1) is 10.7 Å². The highest BCUT2D eigenvalue weighted by Crippen LogP contribution is 2.21. The lowest BCUT2D eigenvalue weighted by atomic mass is 10.2. The molecule has 24 heavy (non-hydrogen) atoms. The second-order valence-electron chi connectivity index (χ2n) is 5.58. The summed E-state index contributed by atoms with van der Waals surface area (Å²) >= 11 is 6.22. The molecule has 1 aromatic carbocycles. The largest absolute Gasteiger partial charge is 0.481 e. The molecule has 0 spiro atoms. The zero-order valence-corrected chi connectivity index (χ0v) is 14.5. The van der Waals surface area contributed by atoms with E-state index in [0.29, 0.717) is 30.2 Å². The van der Waals surface area contributed by atoms with E-state index >= 15 is 0 Å². The molecule has 0 bridgehead atoms. The minimum atomic E-state index is -0.881. The van der Waals surface area contributed by atoms with Crippen LogP contribution in [-0.2, 0) is 18.4 Å². The van der Waals surface area contributed by atoms with Gasteiger partial charge in [0.15, 0.2) is 5.69 Å². The molecule has 0 aliphatic heterocycles. The molecule has 0 unspecified atom stereocenters. The predicted molar refractivity (Wildman–Crippen MR) is 91.0 cm³/mol. The highest BCUT2D eigenvalue weighted by Gasteiger charge is 2.23. The van der Waals surface area contributed by atoms with Crippen molar-refractivity contribution in [1.82, 2.24) is 14.7 Å². The summed E-state index contributed by atoms with van der Waals surface area (Å²) < 4.78 is 1.56. The smallest absolute Gasteiger partial charge is 0.303 e. The van der Waals surface area contributed by atoms with E-state index in [-0.39, 0.29) is 18.0 Å². The monoisotopic (exact) mass is 349 g/mol. The minimum Gasteiger partial charge on any atom is -0.481 e. The molecule has 1 heterocycles. The van der Waals surface area contributed by atoms with Gasteiger partial charge in [0, 0.05) is 26.6 Å². The third kappa shape index (κ3) is 4.35.